The number of benzene rings is 2. The molecule has 0 aliphatic heterocycles. The van der Waals surface area contributed by atoms with E-state index in [1.54, 1.807) is 0 Å². The molecule has 19 heavy (non-hydrogen) atoms. The van der Waals surface area contributed by atoms with E-state index in [-0.39, 0.29) is 6.10 Å². The summed E-state index contributed by atoms with van der Waals surface area (Å²) >= 11 is 9.50. The standard InChI is InChI=1S/C15H15BrClNO/c1-10-5-6-14(13(16)7-10)19-15(9-18)11-3-2-4-12(17)8-11/h2-8,15H,9,18H2,1H3. The Hall–Kier alpha value is -1.03. The highest BCUT2D eigenvalue weighted by Crippen LogP contribution is 2.30. The third-order valence-electron chi connectivity index (χ3n) is 2.79. The molecule has 0 aliphatic carbocycles. The SMILES string of the molecule is Cc1ccc(OC(CN)c2cccc(Cl)c2)c(Br)c1. The van der Waals surface area contributed by atoms with Crippen LogP contribution in [0.5, 0.6) is 5.75 Å². The smallest absolute Gasteiger partial charge is 0.136 e. The predicted molar refractivity (Wildman–Crippen MR) is 82.8 cm³/mol. The van der Waals surface area contributed by atoms with Crippen molar-refractivity contribution in [1.29, 1.82) is 0 Å². The number of hydrogen-bond donors (Lipinski definition) is 1. The molecular formula is C15H15BrClNO. The quantitative estimate of drug-likeness (QED) is 0.890. The second-order valence-corrected chi connectivity index (χ2v) is 5.62. The van der Waals surface area contributed by atoms with Gasteiger partial charge in [-0.1, -0.05) is 29.8 Å². The molecule has 0 heterocycles. The van der Waals surface area contributed by atoms with E-state index < -0.39 is 0 Å². The van der Waals surface area contributed by atoms with E-state index in [1.807, 2.05) is 49.4 Å². The minimum Gasteiger partial charge on any atom is -0.483 e. The van der Waals surface area contributed by atoms with Gasteiger partial charge in [0.25, 0.3) is 0 Å². The molecule has 100 valence electrons. The highest BCUT2D eigenvalue weighted by Gasteiger charge is 2.13. The van der Waals surface area contributed by atoms with Crippen molar-refractivity contribution < 1.29 is 4.74 Å². The van der Waals surface area contributed by atoms with Crippen molar-refractivity contribution in [2.24, 2.45) is 5.73 Å². The molecule has 0 amide bonds. The van der Waals surface area contributed by atoms with E-state index in [4.69, 9.17) is 22.1 Å². The Morgan fingerprint density at radius 2 is 2.05 bits per heavy atom. The number of halogens is 2. The minimum absolute atomic E-state index is 0.210. The van der Waals surface area contributed by atoms with Crippen LogP contribution in [-0.2, 0) is 0 Å². The molecule has 2 nitrogen and oxygen atoms in total. The van der Waals surface area contributed by atoms with Gasteiger partial charge in [0, 0.05) is 11.6 Å². The lowest BCUT2D eigenvalue weighted by atomic mass is 10.1. The summed E-state index contributed by atoms with van der Waals surface area (Å²) in [5.41, 5.74) is 7.95. The van der Waals surface area contributed by atoms with Crippen LogP contribution in [0, 0.1) is 6.92 Å². The Morgan fingerprint density at radius 3 is 2.68 bits per heavy atom. The van der Waals surface area contributed by atoms with E-state index >= 15 is 0 Å². The van der Waals surface area contributed by atoms with E-state index in [0.717, 1.165) is 15.8 Å². The van der Waals surface area contributed by atoms with Crippen LogP contribution in [0.4, 0.5) is 0 Å². The summed E-state index contributed by atoms with van der Waals surface area (Å²) in [6.07, 6.45) is -0.210. The lowest BCUT2D eigenvalue weighted by Gasteiger charge is -2.19. The summed E-state index contributed by atoms with van der Waals surface area (Å²) in [6.45, 7) is 2.42. The highest BCUT2D eigenvalue weighted by atomic mass is 79.9. The van der Waals surface area contributed by atoms with Gasteiger partial charge in [-0.2, -0.15) is 0 Å². The van der Waals surface area contributed by atoms with Crippen molar-refractivity contribution in [1.82, 2.24) is 0 Å². The molecule has 0 aliphatic rings. The summed E-state index contributed by atoms with van der Waals surface area (Å²) in [5.74, 6) is 0.779. The molecule has 2 aromatic rings. The van der Waals surface area contributed by atoms with Gasteiger partial charge in [0.05, 0.1) is 4.47 Å². The van der Waals surface area contributed by atoms with Gasteiger partial charge in [0.15, 0.2) is 0 Å². The molecule has 0 saturated carbocycles. The first kappa shape index (κ1) is 14.4. The van der Waals surface area contributed by atoms with E-state index in [0.29, 0.717) is 11.6 Å². The van der Waals surface area contributed by atoms with Crippen LogP contribution in [0.3, 0.4) is 0 Å². The molecule has 1 unspecified atom stereocenters. The lowest BCUT2D eigenvalue weighted by Crippen LogP contribution is -2.18. The normalized spacial score (nSPS) is 12.2. The Morgan fingerprint density at radius 1 is 1.26 bits per heavy atom. The molecule has 0 fully saturated rings. The van der Waals surface area contributed by atoms with Crippen molar-refractivity contribution in [2.75, 3.05) is 6.54 Å². The monoisotopic (exact) mass is 339 g/mol. The first-order valence-corrected chi connectivity index (χ1v) is 7.15. The molecule has 0 spiro atoms. The molecule has 0 saturated heterocycles. The fraction of sp³-hybridized carbons (Fsp3) is 0.200. The minimum atomic E-state index is -0.210. The van der Waals surface area contributed by atoms with Crippen molar-refractivity contribution in [3.8, 4) is 5.75 Å². The summed E-state index contributed by atoms with van der Waals surface area (Å²) in [4.78, 5) is 0. The first-order chi connectivity index (χ1) is 9.10. The number of hydrogen-bond acceptors (Lipinski definition) is 2. The van der Waals surface area contributed by atoms with Crippen molar-refractivity contribution in [3.63, 3.8) is 0 Å². The lowest BCUT2D eigenvalue weighted by molar-refractivity contribution is 0.213. The zero-order valence-electron chi connectivity index (χ0n) is 10.6. The Kier molecular flexibility index (Phi) is 4.86. The summed E-state index contributed by atoms with van der Waals surface area (Å²) in [5, 5.41) is 0.683. The second-order valence-electron chi connectivity index (χ2n) is 4.33. The van der Waals surface area contributed by atoms with Gasteiger partial charge in [-0.3, -0.25) is 0 Å². The predicted octanol–water partition coefficient (Wildman–Crippen LogP) is 4.49. The van der Waals surface area contributed by atoms with Gasteiger partial charge in [0.1, 0.15) is 11.9 Å². The largest absolute Gasteiger partial charge is 0.483 e. The van der Waals surface area contributed by atoms with Crippen LogP contribution >= 0.6 is 27.5 Å². The van der Waals surface area contributed by atoms with Crippen LogP contribution in [0.25, 0.3) is 0 Å². The topological polar surface area (TPSA) is 35.2 Å². The average molecular weight is 341 g/mol. The van der Waals surface area contributed by atoms with Crippen LogP contribution in [0.2, 0.25) is 5.02 Å². The number of aryl methyl sites for hydroxylation is 1. The first-order valence-electron chi connectivity index (χ1n) is 5.98. The van der Waals surface area contributed by atoms with Crippen molar-refractivity contribution in [3.05, 3.63) is 63.1 Å². The maximum Gasteiger partial charge on any atom is 0.136 e. The number of ether oxygens (including phenoxy) is 1. The fourth-order valence-electron chi connectivity index (χ4n) is 1.81. The van der Waals surface area contributed by atoms with Gasteiger partial charge >= 0.3 is 0 Å². The van der Waals surface area contributed by atoms with E-state index in [2.05, 4.69) is 15.9 Å². The summed E-state index contributed by atoms with van der Waals surface area (Å²) in [7, 11) is 0. The molecule has 0 radical (unpaired) electrons. The molecule has 0 aromatic heterocycles. The van der Waals surface area contributed by atoms with Crippen molar-refractivity contribution >= 4 is 27.5 Å². The zero-order chi connectivity index (χ0) is 13.8. The van der Waals surface area contributed by atoms with Crippen LogP contribution in [0.1, 0.15) is 17.2 Å². The summed E-state index contributed by atoms with van der Waals surface area (Å²) < 4.78 is 6.88. The Labute approximate surface area is 126 Å². The third-order valence-corrected chi connectivity index (χ3v) is 3.65. The maximum atomic E-state index is 6.00. The highest BCUT2D eigenvalue weighted by molar-refractivity contribution is 9.10. The Bertz CT molecular complexity index is 574. The maximum absolute atomic E-state index is 6.00. The molecule has 2 rings (SSSR count). The fourth-order valence-corrected chi connectivity index (χ4v) is 2.60. The second kappa shape index (κ2) is 6.42. The Balaban J connectivity index is 2.24. The zero-order valence-corrected chi connectivity index (χ0v) is 12.9. The van der Waals surface area contributed by atoms with Crippen LogP contribution in [0.15, 0.2) is 46.9 Å². The van der Waals surface area contributed by atoms with E-state index in [9.17, 15) is 0 Å². The van der Waals surface area contributed by atoms with Crippen LogP contribution in [-0.4, -0.2) is 6.54 Å². The van der Waals surface area contributed by atoms with Gasteiger partial charge < -0.3 is 10.5 Å². The number of nitrogens with two attached hydrogens (primary N) is 1. The molecule has 0 bridgehead atoms. The molecule has 1 atom stereocenters. The molecule has 2 N–H and O–H groups in total. The van der Waals surface area contributed by atoms with E-state index in [1.165, 1.54) is 5.56 Å². The molecule has 2 aromatic carbocycles. The molecular weight excluding hydrogens is 326 g/mol. The average Bonchev–Trinajstić information content (AvgIpc) is 2.38. The van der Waals surface area contributed by atoms with Gasteiger partial charge in [-0.25, -0.2) is 0 Å². The number of rotatable bonds is 4. The summed E-state index contributed by atoms with van der Waals surface area (Å²) in [6, 6.07) is 13.5. The van der Waals surface area contributed by atoms with Gasteiger partial charge in [-0.15, -0.1) is 0 Å². The van der Waals surface area contributed by atoms with Gasteiger partial charge in [-0.05, 0) is 58.2 Å². The molecule has 4 heteroatoms. The van der Waals surface area contributed by atoms with Crippen molar-refractivity contribution in [2.45, 2.75) is 13.0 Å². The third kappa shape index (κ3) is 3.72. The van der Waals surface area contributed by atoms with Crippen LogP contribution < -0.4 is 10.5 Å². The van der Waals surface area contributed by atoms with Gasteiger partial charge in [0.2, 0.25) is 0 Å².